The highest BCUT2D eigenvalue weighted by molar-refractivity contribution is 5.83. The molecule has 0 aliphatic heterocycles. The summed E-state index contributed by atoms with van der Waals surface area (Å²) in [6, 6.07) is 18.0. The Bertz CT molecular complexity index is 605. The first kappa shape index (κ1) is 17.2. The maximum atomic E-state index is 12.0. The number of ketones is 1. The molecule has 0 fully saturated rings. The Labute approximate surface area is 138 Å². The Morgan fingerprint density at radius 1 is 1.04 bits per heavy atom. The van der Waals surface area contributed by atoms with Crippen LogP contribution < -0.4 is 4.74 Å². The fraction of sp³-hybridized carbons (Fsp3) is 0.350. The van der Waals surface area contributed by atoms with Crippen LogP contribution in [0.3, 0.4) is 0 Å². The zero-order valence-electron chi connectivity index (χ0n) is 14.2. The molecule has 2 aromatic carbocycles. The van der Waals surface area contributed by atoms with Gasteiger partial charge < -0.3 is 9.64 Å². The van der Waals surface area contributed by atoms with Gasteiger partial charge in [0, 0.05) is 12.5 Å². The highest BCUT2D eigenvalue weighted by Crippen LogP contribution is 2.23. The van der Waals surface area contributed by atoms with Crippen LogP contribution in [-0.2, 0) is 11.2 Å². The minimum Gasteiger partial charge on any atom is -0.492 e. The maximum Gasteiger partial charge on any atom is 0.137 e. The minimum atomic E-state index is -0.0864. The first-order chi connectivity index (χ1) is 11.1. The first-order valence-electron chi connectivity index (χ1n) is 7.98. The second-order valence-corrected chi connectivity index (χ2v) is 6.07. The lowest BCUT2D eigenvalue weighted by atomic mass is 9.89. The lowest BCUT2D eigenvalue weighted by Gasteiger charge is -2.15. The molecule has 0 aromatic heterocycles. The summed E-state index contributed by atoms with van der Waals surface area (Å²) in [5.41, 5.74) is 2.22. The number of hydrogen-bond donors (Lipinski definition) is 0. The molecule has 1 atom stereocenters. The van der Waals surface area contributed by atoms with Crippen molar-refractivity contribution in [1.82, 2.24) is 4.90 Å². The van der Waals surface area contributed by atoms with Crippen molar-refractivity contribution < 1.29 is 9.53 Å². The Morgan fingerprint density at radius 2 is 1.70 bits per heavy atom. The van der Waals surface area contributed by atoms with E-state index in [-0.39, 0.29) is 11.7 Å². The molecule has 0 aliphatic rings. The van der Waals surface area contributed by atoms with Gasteiger partial charge in [0.25, 0.3) is 0 Å². The first-order valence-corrected chi connectivity index (χ1v) is 7.98. The van der Waals surface area contributed by atoms with Crippen molar-refractivity contribution in [3.05, 3.63) is 65.7 Å². The molecule has 0 heterocycles. The zero-order valence-corrected chi connectivity index (χ0v) is 14.2. The van der Waals surface area contributed by atoms with Crippen molar-refractivity contribution in [3.8, 4) is 5.75 Å². The Morgan fingerprint density at radius 3 is 2.26 bits per heavy atom. The molecule has 0 bridgehead atoms. The molecular weight excluding hydrogens is 286 g/mol. The van der Waals surface area contributed by atoms with E-state index in [4.69, 9.17) is 4.74 Å². The maximum absolute atomic E-state index is 12.0. The summed E-state index contributed by atoms with van der Waals surface area (Å²) in [5.74, 6) is 0.980. The van der Waals surface area contributed by atoms with Gasteiger partial charge in [0.2, 0.25) is 0 Å². The van der Waals surface area contributed by atoms with E-state index >= 15 is 0 Å². The summed E-state index contributed by atoms with van der Waals surface area (Å²) in [5, 5.41) is 0. The van der Waals surface area contributed by atoms with Crippen LogP contribution in [0, 0.1) is 0 Å². The zero-order chi connectivity index (χ0) is 16.7. The molecule has 0 spiro atoms. The molecule has 0 N–H and O–H groups in total. The van der Waals surface area contributed by atoms with E-state index in [9.17, 15) is 4.79 Å². The molecule has 0 radical (unpaired) electrons. The molecule has 2 aromatic rings. The van der Waals surface area contributed by atoms with Crippen molar-refractivity contribution in [2.24, 2.45) is 0 Å². The van der Waals surface area contributed by atoms with Gasteiger partial charge in [-0.1, -0.05) is 42.5 Å². The van der Waals surface area contributed by atoms with Crippen LogP contribution in [0.5, 0.6) is 5.75 Å². The van der Waals surface area contributed by atoms with E-state index in [0.717, 1.165) is 29.8 Å². The van der Waals surface area contributed by atoms with Gasteiger partial charge in [0.1, 0.15) is 18.1 Å². The quantitative estimate of drug-likeness (QED) is 0.747. The third-order valence-corrected chi connectivity index (χ3v) is 3.86. The molecule has 122 valence electrons. The number of ether oxygens (including phenoxy) is 1. The van der Waals surface area contributed by atoms with Crippen molar-refractivity contribution >= 4 is 5.78 Å². The van der Waals surface area contributed by atoms with Gasteiger partial charge in [-0.3, -0.25) is 4.79 Å². The normalized spacial score (nSPS) is 12.2. The van der Waals surface area contributed by atoms with Crippen LogP contribution in [-0.4, -0.2) is 37.9 Å². The predicted molar refractivity (Wildman–Crippen MR) is 94.1 cm³/mol. The van der Waals surface area contributed by atoms with Gasteiger partial charge in [-0.05, 0) is 50.7 Å². The van der Waals surface area contributed by atoms with E-state index in [1.54, 1.807) is 6.92 Å². The number of nitrogens with zero attached hydrogens (tertiary/aromatic N) is 1. The van der Waals surface area contributed by atoms with Crippen LogP contribution in [0.25, 0.3) is 0 Å². The average Bonchev–Trinajstić information content (AvgIpc) is 2.54. The van der Waals surface area contributed by atoms with Gasteiger partial charge in [-0.2, -0.15) is 0 Å². The number of Topliss-reactive ketones (excluding diaryl/α,β-unsaturated/α-hetero) is 1. The van der Waals surface area contributed by atoms with Gasteiger partial charge in [-0.15, -0.1) is 0 Å². The Kier molecular flexibility index (Phi) is 6.36. The predicted octanol–water partition coefficient (Wildman–Crippen LogP) is 3.54. The highest BCUT2D eigenvalue weighted by Gasteiger charge is 2.17. The van der Waals surface area contributed by atoms with Crippen molar-refractivity contribution in [2.75, 3.05) is 27.2 Å². The van der Waals surface area contributed by atoms with E-state index in [1.807, 2.05) is 68.7 Å². The molecular formula is C20H25NO2. The van der Waals surface area contributed by atoms with E-state index in [2.05, 4.69) is 4.90 Å². The minimum absolute atomic E-state index is 0.0864. The summed E-state index contributed by atoms with van der Waals surface area (Å²) in [6.45, 7) is 3.23. The number of likely N-dealkylation sites (N-methyl/N-ethyl adjacent to an activating group) is 1. The second kappa shape index (κ2) is 8.49. The topological polar surface area (TPSA) is 29.5 Å². The molecule has 0 saturated heterocycles. The van der Waals surface area contributed by atoms with Crippen LogP contribution in [0.1, 0.15) is 24.0 Å². The Balaban J connectivity index is 2.00. The Hall–Kier alpha value is -2.13. The molecule has 1 unspecified atom stereocenters. The third kappa shape index (κ3) is 5.53. The van der Waals surface area contributed by atoms with Crippen LogP contribution in [0.2, 0.25) is 0 Å². The molecule has 0 saturated carbocycles. The largest absolute Gasteiger partial charge is 0.492 e. The fourth-order valence-corrected chi connectivity index (χ4v) is 2.49. The SMILES string of the molecule is CC(=O)C(Cc1ccc(OCCN(C)C)cc1)c1ccccc1. The molecule has 23 heavy (non-hydrogen) atoms. The molecule has 3 heteroatoms. The number of carbonyl (C=O) groups is 1. The number of hydrogen-bond acceptors (Lipinski definition) is 3. The number of carbonyl (C=O) groups excluding carboxylic acids is 1. The van der Waals surface area contributed by atoms with Gasteiger partial charge in [-0.25, -0.2) is 0 Å². The monoisotopic (exact) mass is 311 g/mol. The van der Waals surface area contributed by atoms with Crippen molar-refractivity contribution in [3.63, 3.8) is 0 Å². The van der Waals surface area contributed by atoms with Crippen LogP contribution >= 0.6 is 0 Å². The van der Waals surface area contributed by atoms with Crippen LogP contribution in [0.15, 0.2) is 54.6 Å². The van der Waals surface area contributed by atoms with E-state index in [1.165, 1.54) is 0 Å². The van der Waals surface area contributed by atoms with Crippen molar-refractivity contribution in [2.45, 2.75) is 19.3 Å². The van der Waals surface area contributed by atoms with E-state index in [0.29, 0.717) is 6.61 Å². The van der Waals surface area contributed by atoms with Crippen molar-refractivity contribution in [1.29, 1.82) is 0 Å². The highest BCUT2D eigenvalue weighted by atomic mass is 16.5. The average molecular weight is 311 g/mol. The lowest BCUT2D eigenvalue weighted by Crippen LogP contribution is -2.19. The fourth-order valence-electron chi connectivity index (χ4n) is 2.49. The summed E-state index contributed by atoms with van der Waals surface area (Å²) in [4.78, 5) is 14.1. The van der Waals surface area contributed by atoms with Crippen LogP contribution in [0.4, 0.5) is 0 Å². The second-order valence-electron chi connectivity index (χ2n) is 6.07. The third-order valence-electron chi connectivity index (χ3n) is 3.86. The molecule has 0 aliphatic carbocycles. The summed E-state index contributed by atoms with van der Waals surface area (Å²) < 4.78 is 5.70. The van der Waals surface area contributed by atoms with Gasteiger partial charge in [0.05, 0.1) is 0 Å². The molecule has 0 amide bonds. The number of benzene rings is 2. The smallest absolute Gasteiger partial charge is 0.137 e. The summed E-state index contributed by atoms with van der Waals surface area (Å²) >= 11 is 0. The van der Waals surface area contributed by atoms with Gasteiger partial charge in [0.15, 0.2) is 0 Å². The lowest BCUT2D eigenvalue weighted by molar-refractivity contribution is -0.118. The summed E-state index contributed by atoms with van der Waals surface area (Å²) in [6.07, 6.45) is 0.720. The number of rotatable bonds is 8. The van der Waals surface area contributed by atoms with Gasteiger partial charge >= 0.3 is 0 Å². The summed E-state index contributed by atoms with van der Waals surface area (Å²) in [7, 11) is 4.05. The molecule has 2 rings (SSSR count). The standard InChI is InChI=1S/C20H25NO2/c1-16(22)20(18-7-5-4-6-8-18)15-17-9-11-19(12-10-17)23-14-13-21(2)3/h4-12,20H,13-15H2,1-3H3. The van der Waals surface area contributed by atoms with E-state index < -0.39 is 0 Å². The molecule has 3 nitrogen and oxygen atoms in total.